The topological polar surface area (TPSA) is 53.5 Å². The minimum Gasteiger partial charge on any atom is -0.296 e. The van der Waals surface area contributed by atoms with Crippen molar-refractivity contribution >= 4 is 17.7 Å². The Morgan fingerprint density at radius 3 is 2.65 bits per heavy atom. The number of hydrogen-bond donors (Lipinski definition) is 2. The first-order valence-corrected chi connectivity index (χ1v) is 5.14. The van der Waals surface area contributed by atoms with Gasteiger partial charge in [-0.25, -0.2) is 0 Å². The van der Waals surface area contributed by atoms with Gasteiger partial charge >= 0.3 is 0 Å². The van der Waals surface area contributed by atoms with Gasteiger partial charge in [-0.2, -0.15) is 0 Å². The van der Waals surface area contributed by atoms with Gasteiger partial charge in [-0.15, -0.1) is 0 Å². The van der Waals surface area contributed by atoms with Gasteiger partial charge in [0, 0.05) is 18.7 Å². The van der Waals surface area contributed by atoms with E-state index in [-0.39, 0.29) is 0 Å². The van der Waals surface area contributed by atoms with Crippen molar-refractivity contribution in [1.82, 2.24) is 5.43 Å². The van der Waals surface area contributed by atoms with E-state index in [4.69, 9.17) is 6.42 Å². The molecule has 0 fully saturated rings. The first-order valence-electron chi connectivity index (χ1n) is 5.14. The maximum Gasteiger partial charge on any atom is 0.168 e. The molecule has 0 aliphatic rings. The largest absolute Gasteiger partial charge is 0.296 e. The van der Waals surface area contributed by atoms with Gasteiger partial charge in [-0.3, -0.25) is 20.6 Å². The van der Waals surface area contributed by atoms with Gasteiger partial charge in [0.25, 0.3) is 0 Å². The van der Waals surface area contributed by atoms with E-state index in [1.807, 2.05) is 26.0 Å². The fourth-order valence-corrected chi connectivity index (χ4v) is 1.57. The Labute approximate surface area is 101 Å². The predicted octanol–water partition coefficient (Wildman–Crippen LogP) is 1.43. The highest BCUT2D eigenvalue weighted by molar-refractivity contribution is 6.36. The van der Waals surface area contributed by atoms with E-state index in [0.29, 0.717) is 5.71 Å². The molecule has 0 amide bonds. The van der Waals surface area contributed by atoms with Crippen LogP contribution in [0.2, 0.25) is 0 Å². The van der Waals surface area contributed by atoms with Gasteiger partial charge in [0.15, 0.2) is 6.29 Å². The van der Waals surface area contributed by atoms with Gasteiger partial charge in [0.1, 0.15) is 5.71 Å². The number of hydrazine groups is 1. The van der Waals surface area contributed by atoms with Crippen molar-refractivity contribution in [2.45, 2.75) is 13.8 Å². The molecule has 0 aliphatic carbocycles. The quantitative estimate of drug-likeness (QED) is 0.270. The molecule has 0 saturated heterocycles. The van der Waals surface area contributed by atoms with Crippen molar-refractivity contribution in [2.24, 2.45) is 4.99 Å². The monoisotopic (exact) mass is 229 g/mol. The summed E-state index contributed by atoms with van der Waals surface area (Å²) in [5.41, 5.74) is 9.67. The van der Waals surface area contributed by atoms with Crippen LogP contribution in [-0.4, -0.2) is 19.0 Å². The van der Waals surface area contributed by atoms with Crippen LogP contribution in [-0.2, 0) is 4.79 Å². The second-order valence-corrected chi connectivity index (χ2v) is 3.53. The molecule has 0 bridgehead atoms. The molecule has 1 aromatic rings. The van der Waals surface area contributed by atoms with E-state index in [0.717, 1.165) is 28.7 Å². The molecule has 4 nitrogen and oxygen atoms in total. The molecule has 88 valence electrons. The van der Waals surface area contributed by atoms with Crippen LogP contribution in [0.25, 0.3) is 0 Å². The van der Waals surface area contributed by atoms with Gasteiger partial charge in [0.2, 0.25) is 0 Å². The van der Waals surface area contributed by atoms with Crippen LogP contribution in [0.5, 0.6) is 0 Å². The van der Waals surface area contributed by atoms with Gasteiger partial charge < -0.3 is 0 Å². The Bertz CT molecular complexity index is 498. The number of aldehydes is 1. The summed E-state index contributed by atoms with van der Waals surface area (Å²) in [6.07, 6.45) is 5.86. The highest BCUT2D eigenvalue weighted by Crippen LogP contribution is 2.21. The van der Waals surface area contributed by atoms with E-state index in [2.05, 4.69) is 21.9 Å². The van der Waals surface area contributed by atoms with Crippen LogP contribution in [0.1, 0.15) is 16.7 Å². The average Bonchev–Trinajstić information content (AvgIpc) is 2.35. The molecule has 0 unspecified atom stereocenters. The number of nitrogens with zero attached hydrogens (tertiary/aromatic N) is 1. The fraction of sp³-hybridized carbons (Fsp3) is 0.231. The van der Waals surface area contributed by atoms with E-state index in [1.54, 1.807) is 7.05 Å². The van der Waals surface area contributed by atoms with Crippen LogP contribution in [0, 0.1) is 26.3 Å². The summed E-state index contributed by atoms with van der Waals surface area (Å²) >= 11 is 0. The summed E-state index contributed by atoms with van der Waals surface area (Å²) in [5.74, 6) is 0. The third-order valence-electron chi connectivity index (χ3n) is 2.69. The van der Waals surface area contributed by atoms with Crippen molar-refractivity contribution in [2.75, 3.05) is 12.5 Å². The third-order valence-corrected chi connectivity index (χ3v) is 2.69. The molecule has 0 spiro atoms. The zero-order valence-electron chi connectivity index (χ0n) is 10.2. The molecule has 0 aromatic heterocycles. The highest BCUT2D eigenvalue weighted by atomic mass is 16.1. The minimum atomic E-state index is 0.446. The van der Waals surface area contributed by atoms with E-state index >= 15 is 0 Å². The maximum absolute atomic E-state index is 10.9. The van der Waals surface area contributed by atoms with Crippen LogP contribution in [0.3, 0.4) is 0 Å². The molecule has 2 N–H and O–H groups in total. The van der Waals surface area contributed by atoms with Crippen molar-refractivity contribution in [3.05, 3.63) is 28.8 Å². The van der Waals surface area contributed by atoms with Crippen LogP contribution < -0.4 is 10.9 Å². The maximum atomic E-state index is 10.9. The summed E-state index contributed by atoms with van der Waals surface area (Å²) in [7, 11) is 1.60. The molecule has 0 atom stereocenters. The summed E-state index contributed by atoms with van der Waals surface area (Å²) in [6.45, 7) is 3.90. The Morgan fingerprint density at radius 1 is 1.41 bits per heavy atom. The second-order valence-electron chi connectivity index (χ2n) is 3.53. The number of benzene rings is 1. The van der Waals surface area contributed by atoms with Crippen molar-refractivity contribution in [3.8, 4) is 12.5 Å². The number of aliphatic imine (C=N–C) groups is 1. The SMILES string of the molecule is C#CNNc1ccc(/C(C=O)=N\C)c(C)c1C. The van der Waals surface area contributed by atoms with Crippen molar-refractivity contribution < 1.29 is 4.79 Å². The van der Waals surface area contributed by atoms with Crippen molar-refractivity contribution in [3.63, 3.8) is 0 Å². The van der Waals surface area contributed by atoms with Crippen LogP contribution >= 0.6 is 0 Å². The van der Waals surface area contributed by atoms with Gasteiger partial charge in [-0.1, -0.05) is 12.5 Å². The molecule has 0 radical (unpaired) electrons. The summed E-state index contributed by atoms with van der Waals surface area (Å²) in [6, 6.07) is 5.99. The Morgan fingerprint density at radius 2 is 2.12 bits per heavy atom. The Kier molecular flexibility index (Phi) is 4.29. The standard InChI is InChI=1S/C13H15N3O/c1-5-15-16-12-7-6-11(9(2)10(12)3)13(8-17)14-4/h1,6-8,15-16H,2-4H3/b14-13-. The lowest BCUT2D eigenvalue weighted by Crippen LogP contribution is -2.16. The average molecular weight is 229 g/mol. The van der Waals surface area contributed by atoms with Crippen molar-refractivity contribution in [1.29, 1.82) is 0 Å². The number of anilines is 1. The molecule has 4 heteroatoms. The number of hydrogen-bond acceptors (Lipinski definition) is 4. The van der Waals surface area contributed by atoms with Crippen LogP contribution in [0.15, 0.2) is 17.1 Å². The first-order chi connectivity index (χ1) is 8.15. The van der Waals surface area contributed by atoms with E-state index < -0.39 is 0 Å². The number of carbonyl (C=O) groups excluding carboxylic acids is 1. The fourth-order valence-electron chi connectivity index (χ4n) is 1.57. The third kappa shape index (κ3) is 2.64. The number of rotatable bonds is 4. The normalized spacial score (nSPS) is 10.6. The molecular weight excluding hydrogens is 214 g/mol. The number of carbonyl (C=O) groups is 1. The summed E-state index contributed by atoms with van der Waals surface area (Å²) < 4.78 is 0. The molecule has 1 rings (SSSR count). The first kappa shape index (κ1) is 12.8. The number of terminal acetylenes is 1. The molecular formula is C13H15N3O. The number of nitrogens with one attached hydrogen (secondary N) is 2. The summed E-state index contributed by atoms with van der Waals surface area (Å²) in [4.78, 5) is 14.8. The zero-order valence-corrected chi connectivity index (χ0v) is 10.2. The smallest absolute Gasteiger partial charge is 0.168 e. The molecule has 0 saturated carbocycles. The highest BCUT2D eigenvalue weighted by Gasteiger charge is 2.09. The predicted molar refractivity (Wildman–Crippen MR) is 70.0 cm³/mol. The van der Waals surface area contributed by atoms with E-state index in [1.165, 1.54) is 0 Å². The zero-order chi connectivity index (χ0) is 12.8. The Hall–Kier alpha value is -2.28. The van der Waals surface area contributed by atoms with Crippen LogP contribution in [0.4, 0.5) is 5.69 Å². The lowest BCUT2D eigenvalue weighted by atomic mass is 9.98. The Balaban J connectivity index is 3.20. The molecule has 1 aromatic carbocycles. The van der Waals surface area contributed by atoms with Gasteiger partial charge in [0.05, 0.1) is 5.69 Å². The molecule has 0 heterocycles. The minimum absolute atomic E-state index is 0.446. The molecule has 0 aliphatic heterocycles. The second kappa shape index (κ2) is 5.71. The summed E-state index contributed by atoms with van der Waals surface area (Å²) in [5, 5.41) is 0. The van der Waals surface area contributed by atoms with Gasteiger partial charge in [-0.05, 0) is 31.0 Å². The lowest BCUT2D eigenvalue weighted by Gasteiger charge is -2.13. The molecule has 17 heavy (non-hydrogen) atoms. The van der Waals surface area contributed by atoms with E-state index in [9.17, 15) is 4.79 Å². The lowest BCUT2D eigenvalue weighted by molar-refractivity contribution is -0.102.